The van der Waals surface area contributed by atoms with Gasteiger partial charge in [0.25, 0.3) is 0 Å². The minimum atomic E-state index is -4.39. The Morgan fingerprint density at radius 3 is 1.21 bits per heavy atom. The third kappa shape index (κ3) is 21.2. The van der Waals surface area contributed by atoms with Crippen molar-refractivity contribution in [3.63, 3.8) is 0 Å². The Hall–Kier alpha value is -9.20. The van der Waals surface area contributed by atoms with Crippen LogP contribution in [0.2, 0.25) is 0 Å². The number of hydrogen-bond donors (Lipinski definition) is 3. The number of primary amides is 1. The number of carbonyl (C=O) groups is 6. The van der Waals surface area contributed by atoms with E-state index in [9.17, 15) is 78.8 Å². The molecule has 3 aromatic heterocycles. The number of methoxy groups -OCH3 is 1. The van der Waals surface area contributed by atoms with Gasteiger partial charge in [0.15, 0.2) is 0 Å². The summed E-state index contributed by atoms with van der Waals surface area (Å²) in [6.07, 6.45) is -8.56. The molecular formula is C65H69ClF9N11O8. The predicted octanol–water partition coefficient (Wildman–Crippen LogP) is 11.4. The van der Waals surface area contributed by atoms with Gasteiger partial charge in [-0.3, -0.25) is 43.7 Å². The molecule has 5 N–H and O–H groups in total. The minimum Gasteiger partial charge on any atom is -0.481 e. The average Bonchev–Trinajstić information content (AvgIpc) is 0.793. The number of aliphatic carboxylic acids is 1. The lowest BCUT2D eigenvalue weighted by Gasteiger charge is -2.40. The smallest absolute Gasteiger partial charge is 0.393 e. The number of piperidine rings is 3. The lowest BCUT2D eigenvalue weighted by atomic mass is 9.84. The lowest BCUT2D eigenvalue weighted by Crippen LogP contribution is -2.51. The highest BCUT2D eigenvalue weighted by Crippen LogP contribution is 2.43. The van der Waals surface area contributed by atoms with Crippen molar-refractivity contribution in [1.29, 1.82) is 15.8 Å². The largest absolute Gasteiger partial charge is 0.481 e. The Kier molecular flexibility index (Phi) is 27.4. The Labute approximate surface area is 541 Å². The zero-order chi connectivity index (χ0) is 68.4. The fourth-order valence-corrected chi connectivity index (χ4v) is 11.6. The lowest BCUT2D eigenvalue weighted by molar-refractivity contribution is -0.180. The molecular weight excluding hydrogens is 1270 g/mol. The van der Waals surface area contributed by atoms with E-state index in [2.05, 4.69) is 31.8 Å². The maximum Gasteiger partial charge on any atom is 0.393 e. The van der Waals surface area contributed by atoms with E-state index in [1.165, 1.54) is 13.3 Å². The van der Waals surface area contributed by atoms with Crippen molar-refractivity contribution in [1.82, 2.24) is 15.0 Å². The number of alkyl halides is 9. The number of halogens is 10. The molecule has 1 amide bonds. The highest BCUT2D eigenvalue weighted by atomic mass is 35.5. The molecule has 3 aliphatic heterocycles. The molecule has 0 saturated carbocycles. The van der Waals surface area contributed by atoms with E-state index >= 15 is 0 Å². The maximum atomic E-state index is 13.7. The molecule has 6 unspecified atom stereocenters. The standard InChI is InChI=1S/C23H24F3N3O2.C21H21F3N4O2.C16H15F3N4.C5H8O4.ClH/c1-2-18(30)6-7-19(31)11-15-10-17(23(24,25)26)14-29(13-15)21-8-5-16(12-27)22-20(21)4-3-9-28-22;22-21(23,24)15-8-13(9-16(29)4-6-19(26)30)11-28(12-15)18-5-3-14(10-25)20-17(18)2-1-7-27-20;17-16(18,19)11-6-12(21)9-23(8-11)14-4-3-10(7-20)15-13(14)2-1-5-22-15;1-9-5(8)3-2-4(6)7;/h3-5,8-9,15,17H,2,6-7,10-11,13-14H2,1H3;1-3,5,7,13,15H,4,6,8-9,11-12H2,(H2,26,30);1-5,11-12H,6,8-9,21H2;2-3H2,1H3,(H,6,7);1H. The SMILES string of the molecule is CCC(=O)CCC(=O)CC1CC(C(F)(F)F)CN(c2ccc(C#N)c3ncccc23)C1.COC(=O)CCC(=O)O.Cl.N#Cc1ccc(N2CC(CC(=O)CCC(N)=O)CC(C(F)(F)F)C2)c2cccnc12.N#Cc1ccc(N2CC(N)CC(C(F)(F)F)C2)c2cccnc12. The molecule has 502 valence electrons. The summed E-state index contributed by atoms with van der Waals surface area (Å²) in [4.78, 5) is 84.4. The zero-order valence-corrected chi connectivity index (χ0v) is 52.0. The first-order chi connectivity index (χ1) is 44.0. The van der Waals surface area contributed by atoms with Gasteiger partial charge in [-0.2, -0.15) is 55.3 Å². The van der Waals surface area contributed by atoms with Crippen LogP contribution in [0.15, 0.2) is 91.4 Å². The van der Waals surface area contributed by atoms with Gasteiger partial charge in [-0.1, -0.05) is 6.92 Å². The molecule has 0 aliphatic carbocycles. The molecule has 29 heteroatoms. The maximum absolute atomic E-state index is 13.7. The summed E-state index contributed by atoms with van der Waals surface area (Å²) in [7, 11) is 1.23. The number of aromatic nitrogens is 3. The Morgan fingerprint density at radius 1 is 0.532 bits per heavy atom. The summed E-state index contributed by atoms with van der Waals surface area (Å²) in [5.41, 5.74) is 15.1. The number of fused-ring (bicyclic) bond motifs is 3. The Bertz CT molecular complexity index is 3800. The summed E-state index contributed by atoms with van der Waals surface area (Å²) in [5, 5.41) is 37.7. The van der Waals surface area contributed by atoms with Crippen LogP contribution in [0.5, 0.6) is 0 Å². The molecule has 3 aromatic carbocycles. The highest BCUT2D eigenvalue weighted by Gasteiger charge is 2.47. The van der Waals surface area contributed by atoms with Gasteiger partial charge < -0.3 is 36.0 Å². The van der Waals surface area contributed by atoms with E-state index in [1.807, 2.05) is 6.07 Å². The average molecular weight is 1340 g/mol. The van der Waals surface area contributed by atoms with E-state index < -0.39 is 72.0 Å². The number of carbonyl (C=O) groups excluding carboxylic acids is 5. The summed E-state index contributed by atoms with van der Waals surface area (Å²) in [5.74, 6) is -8.12. The molecule has 6 heterocycles. The number of carboxylic acids is 1. The number of nitrogens with two attached hydrogens (primary N) is 2. The van der Waals surface area contributed by atoms with Crippen LogP contribution in [0, 0.1) is 63.6 Å². The number of ketones is 3. The second-order valence-corrected chi connectivity index (χ2v) is 22.9. The first-order valence-corrected chi connectivity index (χ1v) is 29.6. The van der Waals surface area contributed by atoms with Gasteiger partial charge in [-0.15, -0.1) is 12.4 Å². The number of anilines is 3. The van der Waals surface area contributed by atoms with E-state index in [-0.39, 0.29) is 127 Å². The van der Waals surface area contributed by atoms with Crippen molar-refractivity contribution in [3.05, 3.63) is 108 Å². The van der Waals surface area contributed by atoms with Crippen molar-refractivity contribution < 1.29 is 78.1 Å². The summed E-state index contributed by atoms with van der Waals surface area (Å²) in [6, 6.07) is 25.6. The summed E-state index contributed by atoms with van der Waals surface area (Å²) in [6.45, 7) is 2.07. The quantitative estimate of drug-likeness (QED) is 0.0564. The van der Waals surface area contributed by atoms with Gasteiger partial charge >= 0.3 is 30.5 Å². The topological polar surface area (TPSA) is 304 Å². The normalized spacial score (nSPS) is 18.8. The molecule has 6 atom stereocenters. The van der Waals surface area contributed by atoms with Gasteiger partial charge in [0.2, 0.25) is 5.91 Å². The molecule has 0 radical (unpaired) electrons. The molecule has 19 nitrogen and oxygen atoms in total. The number of benzene rings is 3. The number of esters is 1. The minimum absolute atomic E-state index is 0. The molecule has 0 spiro atoms. The van der Waals surface area contributed by atoms with Crippen molar-refractivity contribution in [2.45, 2.75) is 109 Å². The second kappa shape index (κ2) is 34.1. The molecule has 0 bridgehead atoms. The highest BCUT2D eigenvalue weighted by molar-refractivity contribution is 5.97. The van der Waals surface area contributed by atoms with Crippen LogP contribution in [-0.2, 0) is 33.5 Å². The van der Waals surface area contributed by atoms with Gasteiger partial charge in [-0.05, 0) is 104 Å². The van der Waals surface area contributed by atoms with E-state index in [0.717, 1.165) is 0 Å². The number of rotatable bonds is 17. The molecule has 9 rings (SSSR count). The number of nitriles is 3. The van der Waals surface area contributed by atoms with Crippen LogP contribution in [0.4, 0.5) is 56.6 Å². The van der Waals surface area contributed by atoms with Gasteiger partial charge in [0.05, 0.1) is 70.9 Å². The fraction of sp³-hybridized carbons (Fsp3) is 0.446. The first kappa shape index (κ1) is 75.5. The molecule has 94 heavy (non-hydrogen) atoms. The van der Waals surface area contributed by atoms with Crippen molar-refractivity contribution in [2.75, 3.05) is 61.1 Å². The van der Waals surface area contributed by atoms with Crippen molar-refractivity contribution >= 4 is 97.4 Å². The van der Waals surface area contributed by atoms with Crippen LogP contribution in [0.1, 0.15) is 101 Å². The van der Waals surface area contributed by atoms with Gasteiger partial charge in [0.1, 0.15) is 35.6 Å². The number of Topliss-reactive ketones (excluding diaryl/α,β-unsaturated/α-hetero) is 3. The summed E-state index contributed by atoms with van der Waals surface area (Å²) < 4.78 is 125. The monoisotopic (exact) mass is 1340 g/mol. The molecule has 3 fully saturated rings. The van der Waals surface area contributed by atoms with Crippen molar-refractivity contribution in [3.8, 4) is 18.2 Å². The van der Waals surface area contributed by atoms with Crippen LogP contribution < -0.4 is 26.2 Å². The first-order valence-electron chi connectivity index (χ1n) is 29.6. The number of carboxylic acid groups (broad SMARTS) is 1. The summed E-state index contributed by atoms with van der Waals surface area (Å²) >= 11 is 0. The number of nitrogens with zero attached hydrogens (tertiary/aromatic N) is 9. The number of amides is 1. The second-order valence-electron chi connectivity index (χ2n) is 22.9. The Balaban J connectivity index is 0.000000240. The third-order valence-electron chi connectivity index (χ3n) is 16.1. The third-order valence-corrected chi connectivity index (χ3v) is 16.1. The Morgan fingerprint density at radius 2 is 0.883 bits per heavy atom. The van der Waals surface area contributed by atoms with Crippen LogP contribution in [0.3, 0.4) is 0 Å². The number of hydrogen-bond acceptors (Lipinski definition) is 17. The van der Waals surface area contributed by atoms with Crippen LogP contribution >= 0.6 is 12.4 Å². The molecule has 6 aromatic rings. The number of pyridine rings is 3. The van der Waals surface area contributed by atoms with E-state index in [0.29, 0.717) is 86.0 Å². The van der Waals surface area contributed by atoms with Crippen LogP contribution in [-0.4, -0.2) is 126 Å². The van der Waals surface area contributed by atoms with E-state index in [4.69, 9.17) is 21.8 Å². The van der Waals surface area contributed by atoms with Gasteiger partial charge in [-0.25, -0.2) is 0 Å². The van der Waals surface area contributed by atoms with Crippen LogP contribution in [0.25, 0.3) is 32.7 Å². The van der Waals surface area contributed by atoms with Gasteiger partial charge in [0, 0.05) is 142 Å². The number of ether oxygens (including phenoxy) is 1. The molecule has 3 aliphatic rings. The van der Waals surface area contributed by atoms with E-state index in [1.54, 1.807) is 107 Å². The van der Waals surface area contributed by atoms with Crippen molar-refractivity contribution in [2.24, 2.45) is 41.1 Å². The molecule has 3 saturated heterocycles. The zero-order valence-electron chi connectivity index (χ0n) is 51.1. The predicted molar refractivity (Wildman–Crippen MR) is 332 cm³/mol. The fourth-order valence-electron chi connectivity index (χ4n) is 11.6.